The van der Waals surface area contributed by atoms with Crippen LogP contribution in [0.2, 0.25) is 6.04 Å². The van der Waals surface area contributed by atoms with Gasteiger partial charge < -0.3 is 0 Å². The molecule has 0 amide bonds. The zero-order valence-corrected chi connectivity index (χ0v) is 14.4. The lowest BCUT2D eigenvalue weighted by Crippen LogP contribution is -2.08. The van der Waals surface area contributed by atoms with Crippen molar-refractivity contribution < 1.29 is 4.79 Å². The van der Waals surface area contributed by atoms with E-state index in [1.165, 1.54) is 37.4 Å². The van der Waals surface area contributed by atoms with Gasteiger partial charge in [0, 0.05) is 12.2 Å². The first-order valence-electron chi connectivity index (χ1n) is 6.18. The molecule has 0 spiro atoms. The van der Waals surface area contributed by atoms with Gasteiger partial charge in [-0.3, -0.25) is 4.79 Å². The number of thioether (sulfide) groups is 1. The van der Waals surface area contributed by atoms with Crippen LogP contribution in [0.1, 0.15) is 51.9 Å². The van der Waals surface area contributed by atoms with Crippen molar-refractivity contribution in [1.82, 2.24) is 0 Å². The Kier molecular flexibility index (Phi) is 11.7. The molecule has 0 bridgehead atoms. The Labute approximate surface area is 124 Å². The number of unbranched alkanes of at least 4 members (excludes halogenated alkanes) is 4. The van der Waals surface area contributed by atoms with Crippen molar-refractivity contribution in [3.05, 3.63) is 0 Å². The van der Waals surface area contributed by atoms with Crippen LogP contribution in [0.4, 0.5) is 0 Å². The molecule has 0 aliphatic carbocycles. The molecule has 0 aliphatic heterocycles. The van der Waals surface area contributed by atoms with Gasteiger partial charge in [0.15, 0.2) is 5.12 Å². The van der Waals surface area contributed by atoms with Crippen LogP contribution in [0.15, 0.2) is 0 Å². The van der Waals surface area contributed by atoms with Crippen molar-refractivity contribution in [1.29, 1.82) is 0 Å². The molecule has 0 aromatic rings. The van der Waals surface area contributed by atoms with Gasteiger partial charge in [-0.15, -0.1) is 33.2 Å². The van der Waals surface area contributed by atoms with Crippen LogP contribution in [0.3, 0.4) is 0 Å². The summed E-state index contributed by atoms with van der Waals surface area (Å²) in [6, 6.07) is -1.83. The molecule has 0 unspecified atom stereocenters. The Morgan fingerprint density at radius 2 is 1.71 bits per heavy atom. The van der Waals surface area contributed by atoms with E-state index >= 15 is 0 Å². The summed E-state index contributed by atoms with van der Waals surface area (Å²) >= 11 is 18.7. The summed E-state index contributed by atoms with van der Waals surface area (Å²) in [5.41, 5.74) is 0. The first-order chi connectivity index (χ1) is 7.95. The Morgan fingerprint density at radius 3 is 2.29 bits per heavy atom. The molecule has 0 aromatic heterocycles. The molecule has 0 saturated heterocycles. The molecule has 0 saturated carbocycles. The SMILES string of the molecule is CCCCCCCC(=O)SCCC[Si](Cl)(Cl)Cl. The van der Waals surface area contributed by atoms with E-state index in [0.717, 1.165) is 18.6 Å². The standard InChI is InChI=1S/C11H21Cl3OSSi/c1-2-3-4-5-6-8-11(15)16-9-7-10-17(12,13)14/h2-10H2,1H3. The van der Waals surface area contributed by atoms with Crippen LogP contribution in [0.25, 0.3) is 0 Å². The third-order valence-corrected chi connectivity index (χ3v) is 5.99. The van der Waals surface area contributed by atoms with E-state index in [2.05, 4.69) is 6.92 Å². The summed E-state index contributed by atoms with van der Waals surface area (Å²) in [5, 5.41) is 0.285. The fraction of sp³-hybridized carbons (Fsp3) is 0.909. The predicted octanol–water partition coefficient (Wildman–Crippen LogP) is 5.65. The highest BCUT2D eigenvalue weighted by Crippen LogP contribution is 2.27. The van der Waals surface area contributed by atoms with Gasteiger partial charge in [0.25, 0.3) is 0 Å². The molecule has 0 rings (SSSR count). The topological polar surface area (TPSA) is 17.1 Å². The van der Waals surface area contributed by atoms with E-state index < -0.39 is 6.00 Å². The molecule has 6 heteroatoms. The van der Waals surface area contributed by atoms with Gasteiger partial charge >= 0.3 is 6.00 Å². The van der Waals surface area contributed by atoms with Crippen LogP contribution in [-0.2, 0) is 4.79 Å². The highest BCUT2D eigenvalue weighted by Gasteiger charge is 2.23. The van der Waals surface area contributed by atoms with Gasteiger partial charge in [0.1, 0.15) is 0 Å². The van der Waals surface area contributed by atoms with Crippen LogP contribution in [-0.4, -0.2) is 16.9 Å². The first-order valence-corrected chi connectivity index (χ1v) is 12.4. The minimum atomic E-state index is -2.48. The Morgan fingerprint density at radius 1 is 1.06 bits per heavy atom. The zero-order chi connectivity index (χ0) is 13.1. The van der Waals surface area contributed by atoms with Gasteiger partial charge in [-0.25, -0.2) is 0 Å². The van der Waals surface area contributed by atoms with Crippen LogP contribution in [0, 0.1) is 0 Å². The number of carbonyl (C=O) groups is 1. The molecule has 0 radical (unpaired) electrons. The zero-order valence-electron chi connectivity index (χ0n) is 10.3. The number of rotatable bonds is 10. The Bertz CT molecular complexity index is 209. The third-order valence-electron chi connectivity index (χ3n) is 2.35. The molecule has 102 valence electrons. The molecule has 0 N–H and O–H groups in total. The molecule has 0 aromatic carbocycles. The summed E-state index contributed by atoms with van der Waals surface area (Å²) in [6.07, 6.45) is 7.47. The van der Waals surface area contributed by atoms with Gasteiger partial charge in [0.05, 0.1) is 0 Å². The molecule has 1 nitrogen and oxygen atoms in total. The van der Waals surface area contributed by atoms with Crippen LogP contribution in [0.5, 0.6) is 0 Å². The maximum Gasteiger partial charge on any atom is 0.341 e. The molecular weight excluding hydrogens is 315 g/mol. The minimum Gasteiger partial charge on any atom is -0.287 e. The molecular formula is C11H21Cl3OSSi. The maximum atomic E-state index is 11.5. The third kappa shape index (κ3) is 15.0. The lowest BCUT2D eigenvalue weighted by Gasteiger charge is -2.06. The van der Waals surface area contributed by atoms with Gasteiger partial charge in [-0.05, 0) is 18.9 Å². The second-order valence-corrected chi connectivity index (χ2v) is 14.5. The monoisotopic (exact) mass is 334 g/mol. The first kappa shape index (κ1) is 18.1. The number of hydrogen-bond donors (Lipinski definition) is 0. The van der Waals surface area contributed by atoms with E-state index in [1.54, 1.807) is 0 Å². The number of carbonyl (C=O) groups excluding carboxylic acids is 1. The second kappa shape index (κ2) is 11.0. The highest BCUT2D eigenvalue weighted by atomic mass is 35.8. The average Bonchev–Trinajstić information content (AvgIpc) is 2.23. The van der Waals surface area contributed by atoms with Crippen molar-refractivity contribution in [2.45, 2.75) is 57.9 Å². The van der Waals surface area contributed by atoms with E-state index in [9.17, 15) is 4.79 Å². The predicted molar refractivity (Wildman–Crippen MR) is 83.6 cm³/mol. The molecule has 0 heterocycles. The number of hydrogen-bond acceptors (Lipinski definition) is 2. The van der Waals surface area contributed by atoms with Crippen LogP contribution < -0.4 is 0 Å². The van der Waals surface area contributed by atoms with Gasteiger partial charge in [0.2, 0.25) is 0 Å². The van der Waals surface area contributed by atoms with Crippen molar-refractivity contribution in [2.24, 2.45) is 0 Å². The average molecular weight is 336 g/mol. The van der Waals surface area contributed by atoms with E-state index in [1.807, 2.05) is 0 Å². The minimum absolute atomic E-state index is 0.285. The van der Waals surface area contributed by atoms with Gasteiger partial charge in [-0.2, -0.15) is 0 Å². The largest absolute Gasteiger partial charge is 0.341 e. The molecule has 17 heavy (non-hydrogen) atoms. The summed E-state index contributed by atoms with van der Waals surface area (Å²) in [5.74, 6) is 0.786. The fourth-order valence-electron chi connectivity index (χ4n) is 1.40. The second-order valence-electron chi connectivity index (χ2n) is 4.10. The smallest absolute Gasteiger partial charge is 0.287 e. The summed E-state index contributed by atoms with van der Waals surface area (Å²) < 4.78 is 0. The fourth-order valence-corrected chi connectivity index (χ4v) is 4.25. The lowest BCUT2D eigenvalue weighted by molar-refractivity contribution is -0.111. The van der Waals surface area contributed by atoms with Crippen molar-refractivity contribution in [3.8, 4) is 0 Å². The Balaban J connectivity index is 3.29. The summed E-state index contributed by atoms with van der Waals surface area (Å²) in [7, 11) is 0. The molecule has 0 atom stereocenters. The van der Waals surface area contributed by atoms with Crippen molar-refractivity contribution in [2.75, 3.05) is 5.75 Å². The quantitative estimate of drug-likeness (QED) is 0.291. The maximum absolute atomic E-state index is 11.5. The van der Waals surface area contributed by atoms with Gasteiger partial charge in [-0.1, -0.05) is 44.4 Å². The Hall–Kier alpha value is 1.11. The van der Waals surface area contributed by atoms with E-state index in [4.69, 9.17) is 33.2 Å². The summed E-state index contributed by atoms with van der Waals surface area (Å²) in [6.45, 7) is 2.19. The molecule has 0 aliphatic rings. The molecule has 0 fully saturated rings. The van der Waals surface area contributed by atoms with Crippen molar-refractivity contribution in [3.63, 3.8) is 0 Å². The van der Waals surface area contributed by atoms with Crippen LogP contribution >= 0.6 is 45.0 Å². The normalized spacial score (nSPS) is 11.8. The van der Waals surface area contributed by atoms with E-state index in [-0.39, 0.29) is 5.12 Å². The van der Waals surface area contributed by atoms with E-state index in [0.29, 0.717) is 12.5 Å². The highest BCUT2D eigenvalue weighted by molar-refractivity contribution is 8.13. The number of halogens is 3. The lowest BCUT2D eigenvalue weighted by atomic mass is 10.1. The summed E-state index contributed by atoms with van der Waals surface area (Å²) in [4.78, 5) is 11.5. The van der Waals surface area contributed by atoms with Crippen molar-refractivity contribution >= 4 is 56.1 Å².